The molecule has 0 fully saturated rings. The van der Waals surface area contributed by atoms with Gasteiger partial charge in [-0.25, -0.2) is 0 Å². The second-order valence-electron chi connectivity index (χ2n) is 5.60. The molecule has 0 bridgehead atoms. The number of hydrogen-bond donors (Lipinski definition) is 2. The summed E-state index contributed by atoms with van der Waals surface area (Å²) in [5.74, 6) is -1.68. The molecule has 2 N–H and O–H groups in total. The van der Waals surface area contributed by atoms with Gasteiger partial charge in [0.1, 0.15) is 5.56 Å². The van der Waals surface area contributed by atoms with E-state index in [1.807, 2.05) is 0 Å². The first-order valence-electron chi connectivity index (χ1n) is 7.98. The number of nitro groups is 1. The molecular weight excluding hydrogens is 330 g/mol. The minimum Gasteiger partial charge on any atom is -0.396 e. The molecule has 1 aromatic rings. The number of imide groups is 1. The minimum absolute atomic E-state index is 0.0105. The monoisotopic (exact) mass is 349 g/mol. The summed E-state index contributed by atoms with van der Waals surface area (Å²) in [6, 6.07) is 3.89. The topological polar surface area (TPSA) is 130 Å². The number of benzene rings is 1. The molecule has 2 rings (SSSR count). The maximum Gasteiger partial charge on any atom is 0.282 e. The Morgan fingerprint density at radius 3 is 2.64 bits per heavy atom. The largest absolute Gasteiger partial charge is 0.396 e. The first-order chi connectivity index (χ1) is 12.0. The van der Waals surface area contributed by atoms with Crippen LogP contribution in [0.5, 0.6) is 0 Å². The molecule has 9 heteroatoms. The maximum absolute atomic E-state index is 12.3. The lowest BCUT2D eigenvalue weighted by Gasteiger charge is -2.13. The van der Waals surface area contributed by atoms with Gasteiger partial charge < -0.3 is 10.4 Å². The molecule has 9 nitrogen and oxygen atoms in total. The van der Waals surface area contributed by atoms with E-state index in [0.717, 1.165) is 17.7 Å². The van der Waals surface area contributed by atoms with Gasteiger partial charge in [-0.15, -0.1) is 0 Å². The average molecular weight is 349 g/mol. The van der Waals surface area contributed by atoms with Crippen molar-refractivity contribution in [2.45, 2.75) is 25.7 Å². The van der Waals surface area contributed by atoms with Crippen molar-refractivity contribution in [3.05, 3.63) is 39.4 Å². The molecule has 1 aliphatic rings. The Balaban J connectivity index is 1.93. The number of nitro benzene ring substituents is 1. The molecule has 0 atom stereocenters. The van der Waals surface area contributed by atoms with Gasteiger partial charge in [0.05, 0.1) is 10.5 Å². The first-order valence-corrected chi connectivity index (χ1v) is 7.98. The van der Waals surface area contributed by atoms with Crippen molar-refractivity contribution in [2.75, 3.05) is 19.7 Å². The molecule has 3 amide bonds. The molecule has 134 valence electrons. The summed E-state index contributed by atoms with van der Waals surface area (Å²) in [7, 11) is 0. The fraction of sp³-hybridized carbons (Fsp3) is 0.438. The molecule has 0 aliphatic carbocycles. The normalized spacial score (nSPS) is 13.1. The number of aliphatic hydroxyl groups excluding tert-OH is 1. The van der Waals surface area contributed by atoms with Gasteiger partial charge in [0.25, 0.3) is 17.5 Å². The maximum atomic E-state index is 12.3. The minimum atomic E-state index is -0.747. The summed E-state index contributed by atoms with van der Waals surface area (Å²) in [4.78, 5) is 47.5. The van der Waals surface area contributed by atoms with E-state index in [1.165, 1.54) is 18.2 Å². The van der Waals surface area contributed by atoms with Gasteiger partial charge in [-0.2, -0.15) is 0 Å². The molecular formula is C16H19N3O6. The van der Waals surface area contributed by atoms with E-state index >= 15 is 0 Å². The predicted molar refractivity (Wildman–Crippen MR) is 87.0 cm³/mol. The second-order valence-corrected chi connectivity index (χ2v) is 5.60. The molecule has 0 saturated heterocycles. The van der Waals surface area contributed by atoms with E-state index in [9.17, 15) is 24.5 Å². The number of aliphatic hydroxyl groups is 1. The highest BCUT2D eigenvalue weighted by atomic mass is 16.6. The molecule has 1 aliphatic heterocycles. The third-order valence-electron chi connectivity index (χ3n) is 3.89. The highest BCUT2D eigenvalue weighted by Crippen LogP contribution is 2.30. The number of nitrogens with zero attached hydrogens (tertiary/aromatic N) is 2. The van der Waals surface area contributed by atoms with Crippen LogP contribution in [0, 0.1) is 10.1 Å². The van der Waals surface area contributed by atoms with Crippen molar-refractivity contribution in [3.63, 3.8) is 0 Å². The summed E-state index contributed by atoms with van der Waals surface area (Å²) >= 11 is 0. The number of amides is 3. The lowest BCUT2D eigenvalue weighted by Crippen LogP contribution is -2.34. The van der Waals surface area contributed by atoms with E-state index in [-0.39, 0.29) is 36.6 Å². The number of rotatable bonds is 9. The summed E-state index contributed by atoms with van der Waals surface area (Å²) in [6.07, 6.45) is 2.12. The number of unbranched alkanes of at least 4 members (excludes halogenated alkanes) is 2. The highest BCUT2D eigenvalue weighted by Gasteiger charge is 2.40. The Labute approximate surface area is 143 Å². The molecule has 0 spiro atoms. The first kappa shape index (κ1) is 18.5. The van der Waals surface area contributed by atoms with Crippen molar-refractivity contribution < 1.29 is 24.4 Å². The number of fused-ring (bicyclic) bond motifs is 1. The second kappa shape index (κ2) is 8.34. The molecule has 0 saturated carbocycles. The Kier molecular flexibility index (Phi) is 6.18. The molecule has 0 aromatic heterocycles. The van der Waals surface area contributed by atoms with E-state index in [1.54, 1.807) is 0 Å². The Morgan fingerprint density at radius 1 is 1.20 bits per heavy atom. The number of nitrogens with one attached hydrogen (secondary N) is 1. The number of carbonyl (C=O) groups excluding carboxylic acids is 3. The van der Waals surface area contributed by atoms with Crippen LogP contribution < -0.4 is 5.32 Å². The van der Waals surface area contributed by atoms with Crippen LogP contribution in [-0.2, 0) is 4.79 Å². The van der Waals surface area contributed by atoms with Crippen LogP contribution in [0.4, 0.5) is 5.69 Å². The van der Waals surface area contributed by atoms with Crippen molar-refractivity contribution >= 4 is 23.4 Å². The third kappa shape index (κ3) is 4.18. The fourth-order valence-electron chi connectivity index (χ4n) is 2.61. The number of carbonyl (C=O) groups is 3. The van der Waals surface area contributed by atoms with Crippen LogP contribution in [0.25, 0.3) is 0 Å². The van der Waals surface area contributed by atoms with E-state index < -0.39 is 22.4 Å². The van der Waals surface area contributed by atoms with Gasteiger partial charge in [-0.3, -0.25) is 29.4 Å². The van der Waals surface area contributed by atoms with Crippen LogP contribution >= 0.6 is 0 Å². The van der Waals surface area contributed by atoms with Crippen molar-refractivity contribution in [3.8, 4) is 0 Å². The highest BCUT2D eigenvalue weighted by molar-refractivity contribution is 6.23. The van der Waals surface area contributed by atoms with Gasteiger partial charge in [0.15, 0.2) is 0 Å². The van der Waals surface area contributed by atoms with Gasteiger partial charge in [-0.1, -0.05) is 6.07 Å². The Morgan fingerprint density at radius 2 is 1.96 bits per heavy atom. The summed E-state index contributed by atoms with van der Waals surface area (Å²) in [6.45, 7) is 0.429. The lowest BCUT2D eigenvalue weighted by molar-refractivity contribution is -0.385. The fourth-order valence-corrected chi connectivity index (χ4v) is 2.61. The Hall–Kier alpha value is -2.81. The summed E-state index contributed by atoms with van der Waals surface area (Å²) < 4.78 is 0. The van der Waals surface area contributed by atoms with Crippen LogP contribution in [0.3, 0.4) is 0 Å². The summed E-state index contributed by atoms with van der Waals surface area (Å²) in [5.41, 5.74) is -0.641. The van der Waals surface area contributed by atoms with E-state index in [4.69, 9.17) is 5.11 Å². The van der Waals surface area contributed by atoms with E-state index in [2.05, 4.69) is 5.32 Å². The van der Waals surface area contributed by atoms with Crippen LogP contribution in [-0.4, -0.2) is 52.3 Å². The zero-order valence-electron chi connectivity index (χ0n) is 13.6. The van der Waals surface area contributed by atoms with Gasteiger partial charge in [0.2, 0.25) is 5.91 Å². The van der Waals surface area contributed by atoms with E-state index in [0.29, 0.717) is 13.0 Å². The van der Waals surface area contributed by atoms with Crippen LogP contribution in [0.15, 0.2) is 18.2 Å². The molecule has 25 heavy (non-hydrogen) atoms. The van der Waals surface area contributed by atoms with Crippen molar-refractivity contribution in [1.29, 1.82) is 0 Å². The van der Waals surface area contributed by atoms with Crippen LogP contribution in [0.1, 0.15) is 46.4 Å². The standard InChI is InChI=1S/C16H19N3O6/c20-10-3-1-2-8-17-13(21)7-9-18-15(22)11-5-4-6-12(19(24)25)14(11)16(18)23/h4-6,20H,1-3,7-10H2,(H,17,21). The molecule has 1 heterocycles. The van der Waals surface area contributed by atoms with Crippen molar-refractivity contribution in [2.24, 2.45) is 0 Å². The van der Waals surface area contributed by atoms with Gasteiger partial charge in [0, 0.05) is 32.2 Å². The predicted octanol–water partition coefficient (Wildman–Crippen LogP) is 0.860. The zero-order chi connectivity index (χ0) is 18.4. The third-order valence-corrected chi connectivity index (χ3v) is 3.89. The number of hydrogen-bond acceptors (Lipinski definition) is 6. The van der Waals surface area contributed by atoms with Gasteiger partial charge in [-0.05, 0) is 25.3 Å². The molecule has 1 aromatic carbocycles. The quantitative estimate of drug-likeness (QED) is 0.294. The SMILES string of the molecule is O=C(CCN1C(=O)c2cccc([N+](=O)[O-])c2C1=O)NCCCCCO. The molecule has 0 unspecified atom stereocenters. The Bertz CT molecular complexity index is 703. The van der Waals surface area contributed by atoms with Crippen molar-refractivity contribution in [1.82, 2.24) is 10.2 Å². The zero-order valence-corrected chi connectivity index (χ0v) is 13.6. The van der Waals surface area contributed by atoms with Crippen LogP contribution in [0.2, 0.25) is 0 Å². The summed E-state index contributed by atoms with van der Waals surface area (Å²) in [5, 5.41) is 22.3. The lowest BCUT2D eigenvalue weighted by atomic mass is 10.1. The average Bonchev–Trinajstić information content (AvgIpc) is 2.84. The van der Waals surface area contributed by atoms with Gasteiger partial charge >= 0.3 is 0 Å². The molecule has 0 radical (unpaired) electrons. The smallest absolute Gasteiger partial charge is 0.282 e.